The highest BCUT2D eigenvalue weighted by atomic mass is 16.6. The van der Waals surface area contributed by atoms with Crippen molar-refractivity contribution in [2.24, 2.45) is 0 Å². The van der Waals surface area contributed by atoms with Crippen LogP contribution in [0.2, 0.25) is 0 Å². The summed E-state index contributed by atoms with van der Waals surface area (Å²) in [5, 5.41) is 0. The number of hydrogen-bond acceptors (Lipinski definition) is 7. The molecule has 0 amide bonds. The predicted octanol–water partition coefficient (Wildman–Crippen LogP) is 1.80. The van der Waals surface area contributed by atoms with E-state index in [1.807, 2.05) is 0 Å². The van der Waals surface area contributed by atoms with Crippen molar-refractivity contribution in [2.45, 2.75) is 18.9 Å². The van der Waals surface area contributed by atoms with Gasteiger partial charge in [-0.25, -0.2) is 14.4 Å². The molecule has 0 spiro atoms. The maximum Gasteiger partial charge on any atom is 0.348 e. The Balaban J connectivity index is 2.10. The van der Waals surface area contributed by atoms with Gasteiger partial charge in [-0.1, -0.05) is 12.1 Å². The molecule has 2 aromatic rings. The first kappa shape index (κ1) is 16.8. The standard InChI is InChI=1S/C18H16O7/c1-9-8-12-14(17(20)24-9)13(15(25-12)18(21)23-3)10-4-6-11(7-5-10)16(19)22-2/h4-8,13,15H,1-3H3/t13-,15-/m0/s1. The lowest BCUT2D eigenvalue weighted by Gasteiger charge is -2.17. The molecule has 0 saturated heterocycles. The second kappa shape index (κ2) is 6.43. The van der Waals surface area contributed by atoms with E-state index in [0.717, 1.165) is 0 Å². The number of fused-ring (bicyclic) bond motifs is 1. The summed E-state index contributed by atoms with van der Waals surface area (Å²) in [6, 6.07) is 7.97. The topological polar surface area (TPSA) is 92.0 Å². The summed E-state index contributed by atoms with van der Waals surface area (Å²) < 4.78 is 20.3. The number of aryl methyl sites for hydroxylation is 1. The van der Waals surface area contributed by atoms with E-state index in [4.69, 9.17) is 13.9 Å². The second-order valence-corrected chi connectivity index (χ2v) is 5.58. The normalized spacial score (nSPS) is 18.2. The SMILES string of the molecule is COC(=O)c1ccc([C@H]2c3c(cc(C)oc3=O)O[C@@H]2C(=O)OC)cc1. The Morgan fingerprint density at radius 1 is 1.08 bits per heavy atom. The van der Waals surface area contributed by atoms with E-state index in [-0.39, 0.29) is 5.56 Å². The number of methoxy groups -OCH3 is 2. The molecule has 0 fully saturated rings. The monoisotopic (exact) mass is 344 g/mol. The van der Waals surface area contributed by atoms with Gasteiger partial charge in [0.05, 0.1) is 31.3 Å². The predicted molar refractivity (Wildman–Crippen MR) is 85.8 cm³/mol. The third kappa shape index (κ3) is 2.88. The van der Waals surface area contributed by atoms with E-state index in [1.54, 1.807) is 37.3 Å². The van der Waals surface area contributed by atoms with Crippen LogP contribution in [0.5, 0.6) is 5.75 Å². The van der Waals surface area contributed by atoms with Gasteiger partial charge in [0.2, 0.25) is 6.10 Å². The van der Waals surface area contributed by atoms with Gasteiger partial charge >= 0.3 is 17.6 Å². The van der Waals surface area contributed by atoms with E-state index in [1.165, 1.54) is 14.2 Å². The fraction of sp³-hybridized carbons (Fsp3) is 0.278. The quantitative estimate of drug-likeness (QED) is 0.784. The lowest BCUT2D eigenvalue weighted by Crippen LogP contribution is -2.31. The number of hydrogen-bond donors (Lipinski definition) is 0. The van der Waals surface area contributed by atoms with Crippen LogP contribution >= 0.6 is 0 Å². The van der Waals surface area contributed by atoms with E-state index in [0.29, 0.717) is 22.6 Å². The van der Waals surface area contributed by atoms with E-state index in [2.05, 4.69) is 4.74 Å². The van der Waals surface area contributed by atoms with Crippen molar-refractivity contribution in [1.29, 1.82) is 0 Å². The highest BCUT2D eigenvalue weighted by Gasteiger charge is 2.44. The van der Waals surface area contributed by atoms with Gasteiger partial charge < -0.3 is 18.6 Å². The van der Waals surface area contributed by atoms with Crippen molar-refractivity contribution in [2.75, 3.05) is 14.2 Å². The molecule has 1 aromatic heterocycles. The zero-order valence-corrected chi connectivity index (χ0v) is 13.9. The minimum absolute atomic E-state index is 0.256. The van der Waals surface area contributed by atoms with Gasteiger partial charge in [-0.2, -0.15) is 0 Å². The first-order valence-corrected chi connectivity index (χ1v) is 7.53. The molecule has 2 heterocycles. The average Bonchev–Trinajstić information content (AvgIpc) is 3.00. The Kier molecular flexibility index (Phi) is 4.31. The lowest BCUT2D eigenvalue weighted by molar-refractivity contribution is -0.148. The van der Waals surface area contributed by atoms with Crippen LogP contribution in [0.3, 0.4) is 0 Å². The number of esters is 2. The number of carbonyl (C=O) groups is 2. The number of ether oxygens (including phenoxy) is 3. The maximum absolute atomic E-state index is 12.3. The molecule has 1 aliphatic heterocycles. The van der Waals surface area contributed by atoms with Crippen LogP contribution in [0.25, 0.3) is 0 Å². The average molecular weight is 344 g/mol. The smallest absolute Gasteiger partial charge is 0.348 e. The van der Waals surface area contributed by atoms with E-state index >= 15 is 0 Å². The molecule has 7 heteroatoms. The molecule has 130 valence electrons. The lowest BCUT2D eigenvalue weighted by atomic mass is 9.88. The van der Waals surface area contributed by atoms with Crippen molar-refractivity contribution < 1.29 is 28.2 Å². The van der Waals surface area contributed by atoms with E-state index < -0.39 is 29.6 Å². The number of carbonyl (C=O) groups excluding carboxylic acids is 2. The summed E-state index contributed by atoms with van der Waals surface area (Å²) in [6.45, 7) is 1.62. The Labute approximate surface area is 143 Å². The second-order valence-electron chi connectivity index (χ2n) is 5.58. The Bertz CT molecular complexity index is 879. The van der Waals surface area contributed by atoms with Crippen LogP contribution in [-0.2, 0) is 14.3 Å². The van der Waals surface area contributed by atoms with Gasteiger partial charge in [0.1, 0.15) is 11.5 Å². The van der Waals surface area contributed by atoms with Crippen LogP contribution in [-0.4, -0.2) is 32.3 Å². The molecule has 0 unspecified atom stereocenters. The molecule has 3 rings (SSSR count). The van der Waals surface area contributed by atoms with Crippen molar-refractivity contribution in [3.8, 4) is 5.75 Å². The number of benzene rings is 1. The van der Waals surface area contributed by atoms with Gasteiger partial charge in [0.25, 0.3) is 0 Å². The largest absolute Gasteiger partial charge is 0.477 e. The van der Waals surface area contributed by atoms with Gasteiger partial charge in [-0.3, -0.25) is 0 Å². The Hall–Kier alpha value is -3.09. The molecule has 0 radical (unpaired) electrons. The summed E-state index contributed by atoms with van der Waals surface area (Å²) in [5.41, 5.74) is 0.671. The molecule has 7 nitrogen and oxygen atoms in total. The van der Waals surface area contributed by atoms with Crippen molar-refractivity contribution in [3.63, 3.8) is 0 Å². The first-order valence-electron chi connectivity index (χ1n) is 7.53. The fourth-order valence-electron chi connectivity index (χ4n) is 2.91. The molecule has 1 aromatic carbocycles. The van der Waals surface area contributed by atoms with Crippen LogP contribution in [0.15, 0.2) is 39.5 Å². The molecule has 2 atom stereocenters. The zero-order valence-electron chi connectivity index (χ0n) is 13.9. The van der Waals surface area contributed by atoms with Gasteiger partial charge in [0.15, 0.2) is 0 Å². The first-order chi connectivity index (χ1) is 12.0. The Morgan fingerprint density at radius 3 is 2.36 bits per heavy atom. The molecular weight excluding hydrogens is 328 g/mol. The fourth-order valence-corrected chi connectivity index (χ4v) is 2.91. The minimum Gasteiger partial charge on any atom is -0.477 e. The molecule has 0 bridgehead atoms. The van der Waals surface area contributed by atoms with Crippen LogP contribution in [0, 0.1) is 6.92 Å². The van der Waals surface area contributed by atoms with Gasteiger partial charge in [-0.05, 0) is 24.6 Å². The minimum atomic E-state index is -1.01. The van der Waals surface area contributed by atoms with Crippen molar-refractivity contribution >= 4 is 11.9 Å². The zero-order chi connectivity index (χ0) is 18.1. The summed E-state index contributed by atoms with van der Waals surface area (Å²) in [6.07, 6.45) is -1.01. The van der Waals surface area contributed by atoms with E-state index in [9.17, 15) is 14.4 Å². The van der Waals surface area contributed by atoms with Gasteiger partial charge in [0, 0.05) is 6.07 Å². The maximum atomic E-state index is 12.3. The summed E-state index contributed by atoms with van der Waals surface area (Å²) >= 11 is 0. The summed E-state index contributed by atoms with van der Waals surface area (Å²) in [5.74, 6) is -1.09. The van der Waals surface area contributed by atoms with Crippen LogP contribution in [0.1, 0.15) is 33.2 Å². The van der Waals surface area contributed by atoms with Crippen LogP contribution < -0.4 is 10.4 Å². The molecule has 1 aliphatic rings. The number of rotatable bonds is 3. The molecular formula is C18H16O7. The highest BCUT2D eigenvalue weighted by Crippen LogP contribution is 2.41. The third-order valence-electron chi connectivity index (χ3n) is 4.07. The van der Waals surface area contributed by atoms with Crippen molar-refractivity contribution in [3.05, 3.63) is 63.2 Å². The van der Waals surface area contributed by atoms with Crippen LogP contribution in [0.4, 0.5) is 0 Å². The molecule has 0 saturated carbocycles. The summed E-state index contributed by atoms with van der Waals surface area (Å²) in [7, 11) is 2.54. The third-order valence-corrected chi connectivity index (χ3v) is 4.07. The molecule has 25 heavy (non-hydrogen) atoms. The Morgan fingerprint density at radius 2 is 1.76 bits per heavy atom. The molecule has 0 aliphatic carbocycles. The van der Waals surface area contributed by atoms with Gasteiger partial charge in [-0.15, -0.1) is 0 Å². The summed E-state index contributed by atoms with van der Waals surface area (Å²) in [4.78, 5) is 36.0. The highest BCUT2D eigenvalue weighted by molar-refractivity contribution is 5.89. The van der Waals surface area contributed by atoms with Crippen molar-refractivity contribution in [1.82, 2.24) is 0 Å². The molecule has 0 N–H and O–H groups in total.